The summed E-state index contributed by atoms with van der Waals surface area (Å²) in [6, 6.07) is 22.4. The van der Waals surface area contributed by atoms with E-state index in [9.17, 15) is 4.79 Å². The number of amides is 1. The molecule has 6 heteroatoms. The highest BCUT2D eigenvalue weighted by atomic mass is 16.7. The van der Waals surface area contributed by atoms with E-state index in [2.05, 4.69) is 10.5 Å². The summed E-state index contributed by atoms with van der Waals surface area (Å²) in [6.45, 7) is 0.656. The van der Waals surface area contributed by atoms with Crippen LogP contribution >= 0.6 is 0 Å². The van der Waals surface area contributed by atoms with Crippen LogP contribution in [-0.4, -0.2) is 18.9 Å². The minimum absolute atomic E-state index is 0.168. The van der Waals surface area contributed by atoms with E-state index in [1.807, 2.05) is 54.6 Å². The second kappa shape index (κ2) is 8.26. The van der Waals surface area contributed by atoms with Crippen LogP contribution in [0, 0.1) is 0 Å². The summed E-state index contributed by atoms with van der Waals surface area (Å²) in [7, 11) is 0. The second-order valence-corrected chi connectivity index (χ2v) is 6.11. The van der Waals surface area contributed by atoms with Gasteiger partial charge in [-0.05, 0) is 41.5 Å². The van der Waals surface area contributed by atoms with E-state index in [-0.39, 0.29) is 12.7 Å². The van der Waals surface area contributed by atoms with E-state index in [1.165, 1.54) is 0 Å². The molecule has 0 radical (unpaired) electrons. The predicted molar refractivity (Wildman–Crippen MR) is 105 cm³/mol. The fraction of sp³-hybridized carbons (Fsp3) is 0.0909. The van der Waals surface area contributed by atoms with Crippen molar-refractivity contribution in [1.82, 2.24) is 5.43 Å². The average molecular weight is 374 g/mol. The maximum Gasteiger partial charge on any atom is 0.271 e. The maximum absolute atomic E-state index is 12.2. The Kier molecular flexibility index (Phi) is 5.20. The van der Waals surface area contributed by atoms with Crippen molar-refractivity contribution in [3.63, 3.8) is 0 Å². The van der Waals surface area contributed by atoms with E-state index in [4.69, 9.17) is 14.2 Å². The first-order chi connectivity index (χ1) is 13.8. The number of nitrogens with one attached hydrogen (secondary N) is 1. The first-order valence-electron chi connectivity index (χ1n) is 8.78. The van der Waals surface area contributed by atoms with E-state index in [1.54, 1.807) is 24.4 Å². The third kappa shape index (κ3) is 4.29. The first-order valence-corrected chi connectivity index (χ1v) is 8.78. The average Bonchev–Trinajstić information content (AvgIpc) is 3.21. The molecule has 0 spiro atoms. The van der Waals surface area contributed by atoms with Crippen molar-refractivity contribution in [1.29, 1.82) is 0 Å². The van der Waals surface area contributed by atoms with Crippen molar-refractivity contribution in [3.05, 3.63) is 89.5 Å². The Hall–Kier alpha value is -3.80. The van der Waals surface area contributed by atoms with Gasteiger partial charge in [0.05, 0.1) is 6.21 Å². The molecular formula is C22H18N2O4. The number of carbonyl (C=O) groups is 1. The van der Waals surface area contributed by atoms with E-state index in [0.29, 0.717) is 23.7 Å². The number of hydrazone groups is 1. The van der Waals surface area contributed by atoms with Gasteiger partial charge in [0.25, 0.3) is 5.91 Å². The molecule has 0 unspecified atom stereocenters. The van der Waals surface area contributed by atoms with Gasteiger partial charge in [-0.3, -0.25) is 4.79 Å². The lowest BCUT2D eigenvalue weighted by Crippen LogP contribution is -2.17. The Bertz CT molecular complexity index is 1000. The summed E-state index contributed by atoms with van der Waals surface area (Å²) in [5.41, 5.74) is 4.87. The molecule has 1 aliphatic rings. The van der Waals surface area contributed by atoms with Crippen LogP contribution < -0.4 is 19.6 Å². The van der Waals surface area contributed by atoms with E-state index in [0.717, 1.165) is 16.9 Å². The number of hydrogen-bond acceptors (Lipinski definition) is 5. The third-order valence-corrected chi connectivity index (χ3v) is 4.12. The predicted octanol–water partition coefficient (Wildman–Crippen LogP) is 3.76. The number of fused-ring (bicyclic) bond motifs is 1. The van der Waals surface area contributed by atoms with Crippen LogP contribution in [0.2, 0.25) is 0 Å². The molecule has 0 bridgehead atoms. The van der Waals surface area contributed by atoms with Crippen LogP contribution in [-0.2, 0) is 6.61 Å². The van der Waals surface area contributed by atoms with Crippen LogP contribution in [0.5, 0.6) is 17.2 Å². The Balaban J connectivity index is 1.35. The minimum atomic E-state index is -0.328. The number of rotatable bonds is 6. The summed E-state index contributed by atoms with van der Waals surface area (Å²) in [5.74, 6) is 1.59. The van der Waals surface area contributed by atoms with Crippen LogP contribution in [0.15, 0.2) is 77.9 Å². The van der Waals surface area contributed by atoms with Gasteiger partial charge in [-0.25, -0.2) is 5.43 Å². The molecule has 0 aromatic heterocycles. The summed E-state index contributed by atoms with van der Waals surface area (Å²) < 4.78 is 16.3. The van der Waals surface area contributed by atoms with Gasteiger partial charge in [0.15, 0.2) is 11.5 Å². The molecule has 6 nitrogen and oxygen atoms in total. The molecule has 28 heavy (non-hydrogen) atoms. The van der Waals surface area contributed by atoms with Crippen LogP contribution in [0.4, 0.5) is 0 Å². The normalized spacial score (nSPS) is 12.1. The van der Waals surface area contributed by atoms with Gasteiger partial charge in [0.1, 0.15) is 12.4 Å². The van der Waals surface area contributed by atoms with Gasteiger partial charge in [-0.2, -0.15) is 5.10 Å². The summed E-state index contributed by atoms with van der Waals surface area (Å²) in [5, 5.41) is 4.02. The van der Waals surface area contributed by atoms with Gasteiger partial charge in [-0.15, -0.1) is 0 Å². The lowest BCUT2D eigenvalue weighted by atomic mass is 10.2. The highest BCUT2D eigenvalue weighted by Gasteiger charge is 2.15. The molecular weight excluding hydrogens is 356 g/mol. The highest BCUT2D eigenvalue weighted by molar-refractivity contribution is 5.95. The molecule has 0 fully saturated rings. The maximum atomic E-state index is 12.2. The second-order valence-electron chi connectivity index (χ2n) is 6.11. The van der Waals surface area contributed by atoms with Crippen molar-refractivity contribution in [2.45, 2.75) is 6.61 Å². The van der Waals surface area contributed by atoms with Gasteiger partial charge in [0, 0.05) is 5.56 Å². The standard InChI is InChI=1S/C22H18N2O4/c25-22(18-9-10-20-21(12-18)28-15-27-20)24-23-13-17-7-4-8-19(11-17)26-14-16-5-2-1-3-6-16/h1-13H,14-15H2,(H,24,25)/b23-13-. The largest absolute Gasteiger partial charge is 0.489 e. The van der Waals surface area contributed by atoms with Crippen molar-refractivity contribution >= 4 is 12.1 Å². The number of hydrogen-bond donors (Lipinski definition) is 1. The molecule has 0 saturated heterocycles. The van der Waals surface area contributed by atoms with Crippen molar-refractivity contribution < 1.29 is 19.0 Å². The lowest BCUT2D eigenvalue weighted by Gasteiger charge is -2.06. The molecule has 3 aromatic rings. The Morgan fingerprint density at radius 3 is 2.75 bits per heavy atom. The van der Waals surface area contributed by atoms with Gasteiger partial charge >= 0.3 is 0 Å². The zero-order valence-electron chi connectivity index (χ0n) is 15.0. The Morgan fingerprint density at radius 1 is 1.00 bits per heavy atom. The number of ether oxygens (including phenoxy) is 3. The highest BCUT2D eigenvalue weighted by Crippen LogP contribution is 2.32. The van der Waals surface area contributed by atoms with Gasteiger partial charge in [-0.1, -0.05) is 42.5 Å². The lowest BCUT2D eigenvalue weighted by molar-refractivity contribution is 0.0954. The molecule has 0 saturated carbocycles. The summed E-state index contributed by atoms with van der Waals surface area (Å²) in [4.78, 5) is 12.2. The minimum Gasteiger partial charge on any atom is -0.489 e. The van der Waals surface area contributed by atoms with Crippen molar-refractivity contribution in [2.75, 3.05) is 6.79 Å². The fourth-order valence-electron chi connectivity index (χ4n) is 2.69. The van der Waals surface area contributed by atoms with Crippen molar-refractivity contribution in [2.24, 2.45) is 5.10 Å². The molecule has 0 aliphatic carbocycles. The molecule has 140 valence electrons. The quantitative estimate of drug-likeness (QED) is 0.527. The van der Waals surface area contributed by atoms with Crippen LogP contribution in [0.25, 0.3) is 0 Å². The van der Waals surface area contributed by atoms with E-state index >= 15 is 0 Å². The third-order valence-electron chi connectivity index (χ3n) is 4.12. The summed E-state index contributed by atoms with van der Waals surface area (Å²) >= 11 is 0. The molecule has 0 atom stereocenters. The first kappa shape index (κ1) is 17.6. The molecule has 1 heterocycles. The topological polar surface area (TPSA) is 69.2 Å². The van der Waals surface area contributed by atoms with Crippen LogP contribution in [0.3, 0.4) is 0 Å². The summed E-state index contributed by atoms with van der Waals surface area (Å²) in [6.07, 6.45) is 1.57. The SMILES string of the molecule is O=C(N/N=C\c1cccc(OCc2ccccc2)c1)c1ccc2c(c1)OCO2. The molecule has 1 amide bonds. The number of carbonyl (C=O) groups excluding carboxylic acids is 1. The Labute approximate surface area is 162 Å². The van der Waals surface area contributed by atoms with Gasteiger partial charge in [0.2, 0.25) is 6.79 Å². The zero-order chi connectivity index (χ0) is 19.2. The van der Waals surface area contributed by atoms with E-state index < -0.39 is 0 Å². The number of benzene rings is 3. The molecule has 1 aliphatic heterocycles. The molecule has 1 N–H and O–H groups in total. The molecule has 3 aromatic carbocycles. The molecule has 4 rings (SSSR count). The van der Waals surface area contributed by atoms with Crippen molar-refractivity contribution in [3.8, 4) is 17.2 Å². The van der Waals surface area contributed by atoms with Gasteiger partial charge < -0.3 is 14.2 Å². The Morgan fingerprint density at radius 2 is 1.86 bits per heavy atom. The number of nitrogens with zero attached hydrogens (tertiary/aromatic N) is 1. The van der Waals surface area contributed by atoms with Crippen LogP contribution in [0.1, 0.15) is 21.5 Å². The monoisotopic (exact) mass is 374 g/mol. The fourth-order valence-corrected chi connectivity index (χ4v) is 2.69. The smallest absolute Gasteiger partial charge is 0.271 e. The zero-order valence-corrected chi connectivity index (χ0v) is 15.0.